The molecule has 1 fully saturated rings. The topological polar surface area (TPSA) is 94.8 Å². The largest absolute Gasteiger partial charge is 0.480 e. The lowest BCUT2D eigenvalue weighted by Gasteiger charge is -2.00. The van der Waals surface area contributed by atoms with Crippen LogP contribution in [0.2, 0.25) is 0 Å². The van der Waals surface area contributed by atoms with Gasteiger partial charge in [-0.05, 0) is 0 Å². The van der Waals surface area contributed by atoms with Gasteiger partial charge in [0.1, 0.15) is 0 Å². The standard InChI is InChI=1S/C5H6O5/c6-2-1-5(2,3(7)8)4(9)10/h2,6H,1H2,(H,7,8)(H,9,10). The van der Waals surface area contributed by atoms with Gasteiger partial charge in [-0.2, -0.15) is 0 Å². The number of hydrogen-bond acceptors (Lipinski definition) is 3. The van der Waals surface area contributed by atoms with Gasteiger partial charge in [0, 0.05) is 6.42 Å². The summed E-state index contributed by atoms with van der Waals surface area (Å²) in [7, 11) is 0. The second-order valence-corrected chi connectivity index (χ2v) is 2.30. The summed E-state index contributed by atoms with van der Waals surface area (Å²) in [6.07, 6.45) is -1.40. The maximum Gasteiger partial charge on any atom is 0.323 e. The smallest absolute Gasteiger partial charge is 0.323 e. The molecule has 1 aliphatic carbocycles. The molecule has 0 bridgehead atoms. The number of aliphatic hydroxyl groups is 1. The van der Waals surface area contributed by atoms with Crippen molar-refractivity contribution in [1.29, 1.82) is 0 Å². The van der Waals surface area contributed by atoms with Crippen molar-refractivity contribution < 1.29 is 24.9 Å². The third kappa shape index (κ3) is 0.607. The first kappa shape index (κ1) is 7.01. The Labute approximate surface area is 55.9 Å². The van der Waals surface area contributed by atoms with Crippen LogP contribution in [0.3, 0.4) is 0 Å². The molecule has 0 aromatic carbocycles. The van der Waals surface area contributed by atoms with E-state index in [1.807, 2.05) is 0 Å². The molecule has 0 spiro atoms. The molecule has 3 N–H and O–H groups in total. The zero-order chi connectivity index (χ0) is 7.94. The maximum atomic E-state index is 10.2. The molecule has 0 radical (unpaired) electrons. The summed E-state index contributed by atoms with van der Waals surface area (Å²) in [6.45, 7) is 0. The summed E-state index contributed by atoms with van der Waals surface area (Å²) < 4.78 is 0. The highest BCUT2D eigenvalue weighted by Gasteiger charge is 2.66. The molecule has 0 heterocycles. The second kappa shape index (κ2) is 1.69. The van der Waals surface area contributed by atoms with E-state index in [1.54, 1.807) is 0 Å². The summed E-state index contributed by atoms with van der Waals surface area (Å²) >= 11 is 0. The highest BCUT2D eigenvalue weighted by Crippen LogP contribution is 2.46. The van der Waals surface area contributed by atoms with Crippen LogP contribution in [0.15, 0.2) is 0 Å². The number of carboxylic acids is 2. The molecule has 10 heavy (non-hydrogen) atoms. The fourth-order valence-corrected chi connectivity index (χ4v) is 0.797. The molecule has 1 saturated carbocycles. The van der Waals surface area contributed by atoms with Gasteiger partial charge in [0.05, 0.1) is 6.10 Å². The fraction of sp³-hybridized carbons (Fsp3) is 0.600. The van der Waals surface area contributed by atoms with Gasteiger partial charge in [0.25, 0.3) is 0 Å². The minimum atomic E-state index is -1.90. The van der Waals surface area contributed by atoms with E-state index < -0.39 is 23.5 Å². The average molecular weight is 146 g/mol. The molecule has 5 heteroatoms. The molecule has 5 nitrogen and oxygen atoms in total. The summed E-state index contributed by atoms with van der Waals surface area (Å²) in [6, 6.07) is 0. The summed E-state index contributed by atoms with van der Waals surface area (Å²) in [5, 5.41) is 25.3. The Morgan fingerprint density at radius 2 is 1.60 bits per heavy atom. The van der Waals surface area contributed by atoms with E-state index in [9.17, 15) is 9.59 Å². The Balaban J connectivity index is 2.83. The van der Waals surface area contributed by atoms with E-state index in [-0.39, 0.29) is 6.42 Å². The normalized spacial score (nSPS) is 27.5. The van der Waals surface area contributed by atoms with Crippen LogP contribution >= 0.6 is 0 Å². The molecule has 0 aromatic rings. The summed E-state index contributed by atoms with van der Waals surface area (Å²) in [5.74, 6) is -2.93. The van der Waals surface area contributed by atoms with Crippen LogP contribution in [0.5, 0.6) is 0 Å². The van der Waals surface area contributed by atoms with Gasteiger partial charge in [0.15, 0.2) is 5.41 Å². The third-order valence-electron chi connectivity index (χ3n) is 1.69. The van der Waals surface area contributed by atoms with E-state index in [4.69, 9.17) is 15.3 Å². The number of rotatable bonds is 2. The van der Waals surface area contributed by atoms with Crippen molar-refractivity contribution in [1.82, 2.24) is 0 Å². The van der Waals surface area contributed by atoms with Crippen LogP contribution in [0.1, 0.15) is 6.42 Å². The lowest BCUT2D eigenvalue weighted by Crippen LogP contribution is -2.28. The molecular weight excluding hydrogens is 140 g/mol. The van der Waals surface area contributed by atoms with Gasteiger partial charge < -0.3 is 15.3 Å². The van der Waals surface area contributed by atoms with Crippen LogP contribution in [0.4, 0.5) is 0 Å². The molecule has 56 valence electrons. The molecule has 1 atom stereocenters. The first-order valence-corrected chi connectivity index (χ1v) is 2.66. The van der Waals surface area contributed by atoms with Gasteiger partial charge in [-0.1, -0.05) is 0 Å². The molecular formula is C5H6O5. The van der Waals surface area contributed by atoms with Crippen molar-refractivity contribution in [3.05, 3.63) is 0 Å². The van der Waals surface area contributed by atoms with Crippen molar-refractivity contribution in [2.75, 3.05) is 0 Å². The van der Waals surface area contributed by atoms with Gasteiger partial charge in [0.2, 0.25) is 0 Å². The molecule has 1 unspecified atom stereocenters. The van der Waals surface area contributed by atoms with Gasteiger partial charge in [-0.25, -0.2) is 0 Å². The van der Waals surface area contributed by atoms with Crippen molar-refractivity contribution in [2.24, 2.45) is 5.41 Å². The number of aliphatic hydroxyl groups excluding tert-OH is 1. The van der Waals surface area contributed by atoms with Gasteiger partial charge >= 0.3 is 11.9 Å². The van der Waals surface area contributed by atoms with Crippen LogP contribution in [0, 0.1) is 5.41 Å². The van der Waals surface area contributed by atoms with Crippen molar-refractivity contribution in [2.45, 2.75) is 12.5 Å². The van der Waals surface area contributed by atoms with Gasteiger partial charge in [-0.15, -0.1) is 0 Å². The SMILES string of the molecule is O=C(O)C1(C(=O)O)CC1O. The number of hydrogen-bond donors (Lipinski definition) is 3. The van der Waals surface area contributed by atoms with Crippen molar-refractivity contribution in [3.63, 3.8) is 0 Å². The quantitative estimate of drug-likeness (QED) is 0.430. The van der Waals surface area contributed by atoms with Crippen LogP contribution in [-0.4, -0.2) is 33.4 Å². The molecule has 1 rings (SSSR count). The Kier molecular flexibility index (Phi) is 1.19. The summed E-state index contributed by atoms with van der Waals surface area (Å²) in [5.41, 5.74) is -1.90. The van der Waals surface area contributed by atoms with Crippen LogP contribution in [0.25, 0.3) is 0 Å². The highest BCUT2D eigenvalue weighted by molar-refractivity contribution is 6.02. The third-order valence-corrected chi connectivity index (χ3v) is 1.69. The average Bonchev–Trinajstić information content (AvgIpc) is 2.42. The minimum absolute atomic E-state index is 0.183. The second-order valence-electron chi connectivity index (χ2n) is 2.30. The van der Waals surface area contributed by atoms with E-state index in [0.717, 1.165) is 0 Å². The Morgan fingerprint density at radius 3 is 1.60 bits per heavy atom. The molecule has 0 aliphatic heterocycles. The highest BCUT2D eigenvalue weighted by atomic mass is 16.4. The number of carbonyl (C=O) groups is 2. The lowest BCUT2D eigenvalue weighted by molar-refractivity contribution is -0.158. The Morgan fingerprint density at radius 1 is 1.30 bits per heavy atom. The fourth-order valence-electron chi connectivity index (χ4n) is 0.797. The zero-order valence-electron chi connectivity index (χ0n) is 4.94. The first-order chi connectivity index (χ1) is 4.51. The van der Waals surface area contributed by atoms with E-state index in [0.29, 0.717) is 0 Å². The minimum Gasteiger partial charge on any atom is -0.480 e. The molecule has 0 amide bonds. The van der Waals surface area contributed by atoms with E-state index in [2.05, 4.69) is 0 Å². The van der Waals surface area contributed by atoms with Crippen LogP contribution in [-0.2, 0) is 9.59 Å². The monoisotopic (exact) mass is 146 g/mol. The van der Waals surface area contributed by atoms with Crippen LogP contribution < -0.4 is 0 Å². The number of carboxylic acid groups (broad SMARTS) is 2. The molecule has 1 aliphatic rings. The predicted octanol–water partition coefficient (Wildman–Crippen LogP) is -1.09. The summed E-state index contributed by atoms with van der Waals surface area (Å²) in [4.78, 5) is 20.4. The molecule has 0 aromatic heterocycles. The Bertz CT molecular complexity index is 182. The van der Waals surface area contributed by atoms with E-state index >= 15 is 0 Å². The maximum absolute atomic E-state index is 10.2. The first-order valence-electron chi connectivity index (χ1n) is 2.66. The van der Waals surface area contributed by atoms with Crippen molar-refractivity contribution in [3.8, 4) is 0 Å². The lowest BCUT2D eigenvalue weighted by atomic mass is 10.1. The number of aliphatic carboxylic acids is 2. The van der Waals surface area contributed by atoms with E-state index in [1.165, 1.54) is 0 Å². The Hall–Kier alpha value is -1.10. The predicted molar refractivity (Wildman–Crippen MR) is 28.3 cm³/mol. The van der Waals surface area contributed by atoms with Crippen molar-refractivity contribution >= 4 is 11.9 Å². The molecule has 0 saturated heterocycles. The zero-order valence-corrected chi connectivity index (χ0v) is 4.94. The van der Waals surface area contributed by atoms with Gasteiger partial charge in [-0.3, -0.25) is 9.59 Å².